The lowest BCUT2D eigenvalue weighted by Gasteiger charge is -2.37. The number of amides is 1. The summed E-state index contributed by atoms with van der Waals surface area (Å²) in [5, 5.41) is 3.36. The molecule has 0 bridgehead atoms. The Morgan fingerprint density at radius 2 is 1.81 bits per heavy atom. The summed E-state index contributed by atoms with van der Waals surface area (Å²) in [7, 11) is 1.64. The van der Waals surface area contributed by atoms with Crippen LogP contribution in [0.5, 0.6) is 5.75 Å². The molecule has 1 saturated heterocycles. The molecule has 1 aliphatic heterocycles. The third kappa shape index (κ3) is 3.63. The van der Waals surface area contributed by atoms with Crippen LogP contribution in [0.4, 0.5) is 0 Å². The van der Waals surface area contributed by atoms with Gasteiger partial charge in [0, 0.05) is 42.7 Å². The number of carbonyl (C=O) groups excluding carboxylic acids is 2. The average molecular weight is 352 g/mol. The van der Waals surface area contributed by atoms with Crippen molar-refractivity contribution in [3.05, 3.63) is 65.2 Å². The molecule has 136 valence electrons. The SMILES string of the molecule is CCC(=O)c1ccc(C(=O)N2CCNCC2c2ccccc2OC)cc1. The van der Waals surface area contributed by atoms with Crippen LogP contribution in [-0.4, -0.2) is 43.3 Å². The molecule has 1 fully saturated rings. The number of nitrogens with one attached hydrogen (secondary N) is 1. The quantitative estimate of drug-likeness (QED) is 0.840. The van der Waals surface area contributed by atoms with Gasteiger partial charge in [-0.1, -0.05) is 37.3 Å². The van der Waals surface area contributed by atoms with Crippen molar-refractivity contribution < 1.29 is 14.3 Å². The molecule has 5 heteroatoms. The molecular formula is C21H24N2O3. The fraction of sp³-hybridized carbons (Fsp3) is 0.333. The van der Waals surface area contributed by atoms with Gasteiger partial charge in [-0.05, 0) is 18.2 Å². The van der Waals surface area contributed by atoms with Crippen LogP contribution in [-0.2, 0) is 0 Å². The third-order valence-electron chi connectivity index (χ3n) is 4.78. The number of Topliss-reactive ketones (excluding diaryl/α,β-unsaturated/α-hetero) is 1. The van der Waals surface area contributed by atoms with Gasteiger partial charge in [0.15, 0.2) is 5.78 Å². The van der Waals surface area contributed by atoms with Crippen LogP contribution in [0, 0.1) is 0 Å². The minimum Gasteiger partial charge on any atom is -0.496 e. The number of hydrogen-bond donors (Lipinski definition) is 1. The Bertz CT molecular complexity index is 786. The van der Waals surface area contributed by atoms with E-state index in [1.54, 1.807) is 31.4 Å². The Balaban J connectivity index is 1.87. The van der Waals surface area contributed by atoms with E-state index in [4.69, 9.17) is 4.74 Å². The summed E-state index contributed by atoms with van der Waals surface area (Å²) in [6.07, 6.45) is 0.459. The van der Waals surface area contributed by atoms with E-state index in [0.29, 0.717) is 30.6 Å². The molecule has 1 aliphatic rings. The van der Waals surface area contributed by atoms with Crippen molar-refractivity contribution in [3.63, 3.8) is 0 Å². The molecule has 5 nitrogen and oxygen atoms in total. The minimum atomic E-state index is -0.0932. The summed E-state index contributed by atoms with van der Waals surface area (Å²) in [6.45, 7) is 3.89. The van der Waals surface area contributed by atoms with Crippen molar-refractivity contribution in [2.45, 2.75) is 19.4 Å². The van der Waals surface area contributed by atoms with E-state index in [1.165, 1.54) is 0 Å². The predicted molar refractivity (Wildman–Crippen MR) is 101 cm³/mol. The molecule has 26 heavy (non-hydrogen) atoms. The average Bonchev–Trinajstić information content (AvgIpc) is 2.72. The van der Waals surface area contributed by atoms with Crippen molar-refractivity contribution in [2.24, 2.45) is 0 Å². The van der Waals surface area contributed by atoms with Gasteiger partial charge in [-0.2, -0.15) is 0 Å². The number of carbonyl (C=O) groups is 2. The lowest BCUT2D eigenvalue weighted by molar-refractivity contribution is 0.0631. The second kappa shape index (κ2) is 8.15. The van der Waals surface area contributed by atoms with E-state index in [-0.39, 0.29) is 17.7 Å². The van der Waals surface area contributed by atoms with Crippen molar-refractivity contribution in [1.82, 2.24) is 10.2 Å². The first-order valence-electron chi connectivity index (χ1n) is 8.93. The zero-order valence-electron chi connectivity index (χ0n) is 15.2. The van der Waals surface area contributed by atoms with Crippen LogP contribution in [0.15, 0.2) is 48.5 Å². The van der Waals surface area contributed by atoms with Gasteiger partial charge in [-0.15, -0.1) is 0 Å². The monoisotopic (exact) mass is 352 g/mol. The maximum Gasteiger partial charge on any atom is 0.254 e. The van der Waals surface area contributed by atoms with E-state index < -0.39 is 0 Å². The number of para-hydroxylation sites is 1. The van der Waals surface area contributed by atoms with E-state index in [1.807, 2.05) is 36.1 Å². The molecule has 2 aromatic rings. The summed E-state index contributed by atoms with van der Waals surface area (Å²) in [6, 6.07) is 14.7. The Morgan fingerprint density at radius 1 is 1.12 bits per heavy atom. The zero-order valence-corrected chi connectivity index (χ0v) is 15.2. The van der Waals surface area contributed by atoms with Gasteiger partial charge in [-0.25, -0.2) is 0 Å². The molecule has 1 amide bonds. The smallest absolute Gasteiger partial charge is 0.254 e. The second-order valence-electron chi connectivity index (χ2n) is 6.31. The molecule has 1 N–H and O–H groups in total. The molecule has 0 aromatic heterocycles. The van der Waals surface area contributed by atoms with Gasteiger partial charge in [-0.3, -0.25) is 9.59 Å². The molecule has 0 radical (unpaired) electrons. The highest BCUT2D eigenvalue weighted by molar-refractivity contribution is 5.98. The maximum absolute atomic E-state index is 13.1. The molecule has 0 aliphatic carbocycles. The summed E-state index contributed by atoms with van der Waals surface area (Å²) in [5.41, 5.74) is 2.23. The van der Waals surface area contributed by atoms with Crippen molar-refractivity contribution >= 4 is 11.7 Å². The Morgan fingerprint density at radius 3 is 2.50 bits per heavy atom. The highest BCUT2D eigenvalue weighted by Gasteiger charge is 2.30. The topological polar surface area (TPSA) is 58.6 Å². The molecule has 2 aromatic carbocycles. The van der Waals surface area contributed by atoms with Crippen LogP contribution >= 0.6 is 0 Å². The van der Waals surface area contributed by atoms with Gasteiger partial charge in [0.25, 0.3) is 5.91 Å². The zero-order chi connectivity index (χ0) is 18.5. The largest absolute Gasteiger partial charge is 0.496 e. The van der Waals surface area contributed by atoms with Crippen molar-refractivity contribution in [2.75, 3.05) is 26.7 Å². The van der Waals surface area contributed by atoms with Crippen LogP contribution in [0.3, 0.4) is 0 Å². The van der Waals surface area contributed by atoms with Gasteiger partial charge in [0.1, 0.15) is 5.75 Å². The predicted octanol–water partition coefficient (Wildman–Crippen LogP) is 3.07. The molecule has 0 saturated carbocycles. The summed E-state index contributed by atoms with van der Waals surface area (Å²) >= 11 is 0. The van der Waals surface area contributed by atoms with Crippen molar-refractivity contribution in [3.8, 4) is 5.75 Å². The number of hydrogen-bond acceptors (Lipinski definition) is 4. The number of methoxy groups -OCH3 is 1. The van der Waals surface area contributed by atoms with Gasteiger partial charge in [0.05, 0.1) is 13.2 Å². The first kappa shape index (κ1) is 18.1. The normalized spacial score (nSPS) is 17.0. The highest BCUT2D eigenvalue weighted by Crippen LogP contribution is 2.31. The van der Waals surface area contributed by atoms with Crippen molar-refractivity contribution in [1.29, 1.82) is 0 Å². The first-order chi connectivity index (χ1) is 12.7. The number of benzene rings is 2. The number of piperazine rings is 1. The lowest BCUT2D eigenvalue weighted by Crippen LogP contribution is -2.48. The number of nitrogens with zero attached hydrogens (tertiary/aromatic N) is 1. The number of rotatable bonds is 5. The van der Waals surface area contributed by atoms with Crippen LogP contribution in [0.25, 0.3) is 0 Å². The Hall–Kier alpha value is -2.66. The van der Waals surface area contributed by atoms with Crippen LogP contribution in [0.1, 0.15) is 45.7 Å². The Labute approximate surface area is 154 Å². The number of ether oxygens (including phenoxy) is 1. The highest BCUT2D eigenvalue weighted by atomic mass is 16.5. The number of ketones is 1. The third-order valence-corrected chi connectivity index (χ3v) is 4.78. The molecule has 3 rings (SSSR count). The fourth-order valence-corrected chi connectivity index (χ4v) is 3.34. The molecular weight excluding hydrogens is 328 g/mol. The lowest BCUT2D eigenvalue weighted by atomic mass is 10.00. The first-order valence-corrected chi connectivity index (χ1v) is 8.93. The summed E-state index contributed by atoms with van der Waals surface area (Å²) in [5.74, 6) is 0.832. The van der Waals surface area contributed by atoms with Crippen LogP contribution < -0.4 is 10.1 Å². The Kier molecular flexibility index (Phi) is 5.68. The van der Waals surface area contributed by atoms with E-state index in [2.05, 4.69) is 5.32 Å². The van der Waals surface area contributed by atoms with Crippen LogP contribution in [0.2, 0.25) is 0 Å². The standard InChI is InChI=1S/C21H24N2O3/c1-3-19(24)15-8-10-16(11-9-15)21(25)23-13-12-22-14-18(23)17-6-4-5-7-20(17)26-2/h4-11,18,22H,3,12-14H2,1-2H3. The molecule has 1 atom stereocenters. The summed E-state index contributed by atoms with van der Waals surface area (Å²) in [4.78, 5) is 26.8. The summed E-state index contributed by atoms with van der Waals surface area (Å²) < 4.78 is 5.48. The van der Waals surface area contributed by atoms with E-state index in [0.717, 1.165) is 17.9 Å². The van der Waals surface area contributed by atoms with Gasteiger partial charge in [0.2, 0.25) is 0 Å². The molecule has 1 unspecified atom stereocenters. The fourth-order valence-electron chi connectivity index (χ4n) is 3.34. The maximum atomic E-state index is 13.1. The minimum absolute atomic E-state index is 0.0297. The van der Waals surface area contributed by atoms with E-state index >= 15 is 0 Å². The molecule has 1 heterocycles. The van der Waals surface area contributed by atoms with Gasteiger partial charge < -0.3 is 15.0 Å². The molecule has 0 spiro atoms. The van der Waals surface area contributed by atoms with Gasteiger partial charge >= 0.3 is 0 Å². The second-order valence-corrected chi connectivity index (χ2v) is 6.31. The van der Waals surface area contributed by atoms with E-state index in [9.17, 15) is 9.59 Å².